The monoisotopic (exact) mass is 559 g/mol. The van der Waals surface area contributed by atoms with E-state index in [1.54, 1.807) is 36.4 Å². The van der Waals surface area contributed by atoms with E-state index in [1.165, 1.54) is 40.7 Å². The van der Waals surface area contributed by atoms with Crippen molar-refractivity contribution in [3.8, 4) is 0 Å². The third-order valence-electron chi connectivity index (χ3n) is 5.63. The van der Waals surface area contributed by atoms with E-state index in [9.17, 15) is 16.8 Å². The molecule has 0 saturated carbocycles. The van der Waals surface area contributed by atoms with Gasteiger partial charge in [0.05, 0.1) is 34.0 Å². The second kappa shape index (κ2) is 10.2. The van der Waals surface area contributed by atoms with Crippen molar-refractivity contribution in [1.29, 1.82) is 0 Å². The maximum absolute atomic E-state index is 13.1. The van der Waals surface area contributed by atoms with Crippen LogP contribution in [0.5, 0.6) is 0 Å². The van der Waals surface area contributed by atoms with Crippen molar-refractivity contribution >= 4 is 60.0 Å². The Morgan fingerprint density at radius 1 is 0.784 bits per heavy atom. The third-order valence-corrected chi connectivity index (χ3v) is 9.13. The Bertz CT molecular complexity index is 1660. The smallest absolute Gasteiger partial charge is 0.263 e. The van der Waals surface area contributed by atoms with Crippen LogP contribution in [0.15, 0.2) is 82.6 Å². The SMILES string of the molecule is O=S(=O)(Nc1nc2ccccc2nc1Nc1cccc(S(=O)(=O)N2CCOCC2)c1)c1ccc(Cl)cc1. The van der Waals surface area contributed by atoms with E-state index in [-0.39, 0.29) is 34.5 Å². The van der Waals surface area contributed by atoms with Crippen LogP contribution in [0.3, 0.4) is 0 Å². The summed E-state index contributed by atoms with van der Waals surface area (Å²) in [5.74, 6) is 0.0623. The first kappa shape index (κ1) is 25.4. The van der Waals surface area contributed by atoms with Crippen LogP contribution < -0.4 is 10.0 Å². The molecule has 0 bridgehead atoms. The van der Waals surface area contributed by atoms with E-state index < -0.39 is 20.0 Å². The molecule has 1 aliphatic heterocycles. The molecule has 1 aliphatic rings. The molecule has 192 valence electrons. The van der Waals surface area contributed by atoms with Crippen molar-refractivity contribution < 1.29 is 21.6 Å². The van der Waals surface area contributed by atoms with E-state index in [2.05, 4.69) is 20.0 Å². The quantitative estimate of drug-likeness (QED) is 0.349. The third kappa shape index (κ3) is 5.53. The molecule has 1 aromatic heterocycles. The highest BCUT2D eigenvalue weighted by molar-refractivity contribution is 7.92. The van der Waals surface area contributed by atoms with Gasteiger partial charge >= 0.3 is 0 Å². The summed E-state index contributed by atoms with van der Waals surface area (Å²) in [6.07, 6.45) is 0. The summed E-state index contributed by atoms with van der Waals surface area (Å²) in [4.78, 5) is 9.10. The molecular weight excluding hydrogens is 538 g/mol. The zero-order valence-corrected chi connectivity index (χ0v) is 21.7. The fraction of sp³-hybridized carbons (Fsp3) is 0.167. The van der Waals surface area contributed by atoms with Gasteiger partial charge in [-0.2, -0.15) is 4.31 Å². The van der Waals surface area contributed by atoms with Crippen LogP contribution in [-0.2, 0) is 24.8 Å². The van der Waals surface area contributed by atoms with Gasteiger partial charge < -0.3 is 10.1 Å². The van der Waals surface area contributed by atoms with E-state index in [0.29, 0.717) is 35.0 Å². The molecule has 0 aliphatic carbocycles. The lowest BCUT2D eigenvalue weighted by Gasteiger charge is -2.26. The molecule has 3 aromatic carbocycles. The molecular formula is C24H22ClN5O5S2. The van der Waals surface area contributed by atoms with Crippen LogP contribution in [0, 0.1) is 0 Å². The lowest BCUT2D eigenvalue weighted by molar-refractivity contribution is 0.0730. The number of sulfonamides is 2. The number of rotatable bonds is 7. The topological polar surface area (TPSA) is 131 Å². The highest BCUT2D eigenvalue weighted by atomic mass is 35.5. The molecule has 0 radical (unpaired) electrons. The summed E-state index contributed by atoms with van der Waals surface area (Å²) in [5.41, 5.74) is 1.40. The molecule has 5 rings (SSSR count). The fourth-order valence-corrected chi connectivity index (χ4v) is 6.35. The number of halogens is 1. The van der Waals surface area contributed by atoms with Crippen molar-refractivity contribution in [2.75, 3.05) is 36.3 Å². The number of nitrogens with one attached hydrogen (secondary N) is 2. The number of para-hydroxylation sites is 2. The number of hydrogen-bond donors (Lipinski definition) is 2. The van der Waals surface area contributed by atoms with Crippen LogP contribution in [0.25, 0.3) is 11.0 Å². The van der Waals surface area contributed by atoms with Gasteiger partial charge in [0, 0.05) is 23.8 Å². The molecule has 13 heteroatoms. The number of hydrogen-bond acceptors (Lipinski definition) is 8. The average Bonchev–Trinajstić information content (AvgIpc) is 2.90. The molecule has 0 atom stereocenters. The van der Waals surface area contributed by atoms with E-state index in [0.717, 1.165) is 0 Å². The van der Waals surface area contributed by atoms with E-state index in [1.807, 2.05) is 0 Å². The predicted octanol–water partition coefficient (Wildman–Crippen LogP) is 3.85. The van der Waals surface area contributed by atoms with Crippen molar-refractivity contribution in [3.63, 3.8) is 0 Å². The standard InChI is InChI=1S/C24H22ClN5O5S2/c25-17-8-10-19(11-9-17)36(31,32)29-24-23(27-21-6-1-2-7-22(21)28-24)26-18-4-3-5-20(16-18)37(33,34)30-12-14-35-15-13-30/h1-11,16H,12-15H2,(H,26,27)(H,28,29). The van der Waals surface area contributed by atoms with Crippen LogP contribution in [0.1, 0.15) is 0 Å². The molecule has 2 heterocycles. The van der Waals surface area contributed by atoms with Gasteiger partial charge in [-0.05, 0) is 54.6 Å². The Morgan fingerprint density at radius 3 is 2.11 bits per heavy atom. The van der Waals surface area contributed by atoms with Crippen LogP contribution in [0.2, 0.25) is 5.02 Å². The minimum Gasteiger partial charge on any atom is -0.379 e. The van der Waals surface area contributed by atoms with E-state index in [4.69, 9.17) is 16.3 Å². The molecule has 0 spiro atoms. The minimum atomic E-state index is -4.02. The Balaban J connectivity index is 1.51. The first-order chi connectivity index (χ1) is 17.7. The van der Waals surface area contributed by atoms with Gasteiger partial charge in [0.1, 0.15) is 0 Å². The van der Waals surface area contributed by atoms with Gasteiger partial charge in [-0.15, -0.1) is 0 Å². The first-order valence-electron chi connectivity index (χ1n) is 11.2. The summed E-state index contributed by atoms with van der Waals surface area (Å²) in [5, 5.41) is 3.44. The Kier molecular flexibility index (Phi) is 7.01. The van der Waals surface area contributed by atoms with E-state index >= 15 is 0 Å². The summed E-state index contributed by atoms with van der Waals surface area (Å²) in [6, 6.07) is 18.9. The van der Waals surface area contributed by atoms with Gasteiger partial charge in [0.15, 0.2) is 11.6 Å². The maximum atomic E-state index is 13.1. The zero-order valence-electron chi connectivity index (χ0n) is 19.3. The fourth-order valence-electron chi connectivity index (χ4n) is 3.77. The molecule has 10 nitrogen and oxygen atoms in total. The maximum Gasteiger partial charge on any atom is 0.263 e. The number of aromatic nitrogens is 2. The van der Waals surface area contributed by atoms with Gasteiger partial charge in [-0.3, -0.25) is 4.72 Å². The molecule has 2 N–H and O–H groups in total. The number of benzene rings is 3. The molecule has 0 amide bonds. The summed E-state index contributed by atoms with van der Waals surface area (Å²) < 4.78 is 61.5. The number of nitrogens with zero attached hydrogens (tertiary/aromatic N) is 3. The molecule has 37 heavy (non-hydrogen) atoms. The molecule has 0 unspecified atom stereocenters. The van der Waals surface area contributed by atoms with Gasteiger partial charge in [-0.25, -0.2) is 26.8 Å². The normalized spacial score (nSPS) is 14.9. The van der Waals surface area contributed by atoms with Gasteiger partial charge in [0.2, 0.25) is 10.0 Å². The Labute approximate surface area is 219 Å². The summed E-state index contributed by atoms with van der Waals surface area (Å²) in [6.45, 7) is 1.21. The zero-order chi connectivity index (χ0) is 26.0. The minimum absolute atomic E-state index is 0.00332. The van der Waals surface area contributed by atoms with Crippen LogP contribution in [-0.4, -0.2) is 57.4 Å². The largest absolute Gasteiger partial charge is 0.379 e. The summed E-state index contributed by atoms with van der Waals surface area (Å²) in [7, 11) is -7.76. The first-order valence-corrected chi connectivity index (χ1v) is 14.5. The number of fused-ring (bicyclic) bond motifs is 1. The molecule has 1 fully saturated rings. The van der Waals surface area contributed by atoms with Gasteiger partial charge in [0.25, 0.3) is 10.0 Å². The Morgan fingerprint density at radius 2 is 1.43 bits per heavy atom. The average molecular weight is 560 g/mol. The number of anilines is 3. The lowest BCUT2D eigenvalue weighted by Crippen LogP contribution is -2.40. The second-order valence-electron chi connectivity index (χ2n) is 8.14. The summed E-state index contributed by atoms with van der Waals surface area (Å²) >= 11 is 5.90. The van der Waals surface area contributed by atoms with Crippen LogP contribution in [0.4, 0.5) is 17.3 Å². The van der Waals surface area contributed by atoms with Gasteiger partial charge in [-0.1, -0.05) is 29.8 Å². The lowest BCUT2D eigenvalue weighted by atomic mass is 10.3. The van der Waals surface area contributed by atoms with Crippen LogP contribution >= 0.6 is 11.6 Å². The highest BCUT2D eigenvalue weighted by Crippen LogP contribution is 2.29. The highest BCUT2D eigenvalue weighted by Gasteiger charge is 2.27. The van der Waals surface area contributed by atoms with Crippen molar-refractivity contribution in [3.05, 3.63) is 77.8 Å². The second-order valence-corrected chi connectivity index (χ2v) is 12.2. The number of ether oxygens (including phenoxy) is 1. The van der Waals surface area contributed by atoms with Crippen molar-refractivity contribution in [1.82, 2.24) is 14.3 Å². The van der Waals surface area contributed by atoms with Crippen molar-refractivity contribution in [2.45, 2.75) is 9.79 Å². The van der Waals surface area contributed by atoms with Crippen molar-refractivity contribution in [2.24, 2.45) is 0 Å². The Hall–Kier alpha value is -3.29. The molecule has 1 saturated heterocycles. The predicted molar refractivity (Wildman–Crippen MR) is 141 cm³/mol. The number of morpholine rings is 1. The molecule has 4 aromatic rings.